The van der Waals surface area contributed by atoms with Crippen LogP contribution in [-0.2, 0) is 32.6 Å². The summed E-state index contributed by atoms with van der Waals surface area (Å²) in [4.78, 5) is 15.4. The molecule has 0 spiro atoms. The van der Waals surface area contributed by atoms with Gasteiger partial charge in [0.25, 0.3) is 0 Å². The number of sulfonamides is 1. The Hall–Kier alpha value is -2.26. The molecule has 2 saturated heterocycles. The van der Waals surface area contributed by atoms with Crippen molar-refractivity contribution < 1.29 is 17.9 Å². The highest BCUT2D eigenvalue weighted by atomic mass is 32.2. The Morgan fingerprint density at radius 1 is 0.969 bits per heavy atom. The van der Waals surface area contributed by atoms with Crippen LogP contribution >= 0.6 is 0 Å². The van der Waals surface area contributed by atoms with Crippen LogP contribution in [0.1, 0.15) is 24.0 Å². The van der Waals surface area contributed by atoms with E-state index in [0.29, 0.717) is 25.9 Å². The van der Waals surface area contributed by atoms with Gasteiger partial charge in [-0.1, -0.05) is 42.5 Å². The summed E-state index contributed by atoms with van der Waals surface area (Å²) in [5, 5.41) is 2.99. The molecule has 2 aromatic rings. The molecule has 2 fully saturated rings. The quantitative estimate of drug-likeness (QED) is 0.690. The van der Waals surface area contributed by atoms with Crippen molar-refractivity contribution in [1.29, 1.82) is 0 Å². The van der Waals surface area contributed by atoms with Crippen LogP contribution in [0, 0.1) is 5.92 Å². The van der Waals surface area contributed by atoms with E-state index < -0.39 is 10.0 Å². The molecule has 1 N–H and O–H groups in total. The van der Waals surface area contributed by atoms with E-state index in [1.54, 1.807) is 30.3 Å². The predicted octanol–water partition coefficient (Wildman–Crippen LogP) is 2.24. The molecule has 4 rings (SSSR count). The van der Waals surface area contributed by atoms with Gasteiger partial charge in [0, 0.05) is 39.3 Å². The SMILES string of the molecule is O=C(NCc1ccc(CN2CCOCC2)cc1)[C@@H]1CCCN(S(=O)(=O)c2ccccc2)C1. The standard InChI is InChI=1S/C24H31N3O4S/c28-24(22-5-4-12-27(19-22)32(29,30)23-6-2-1-3-7-23)25-17-20-8-10-21(11-9-20)18-26-13-15-31-16-14-26/h1-3,6-11,22H,4-5,12-19H2,(H,25,28)/t22-/m1/s1. The van der Waals surface area contributed by atoms with Crippen molar-refractivity contribution in [2.45, 2.75) is 30.8 Å². The molecule has 0 saturated carbocycles. The molecule has 0 radical (unpaired) electrons. The molecule has 7 nitrogen and oxygen atoms in total. The lowest BCUT2D eigenvalue weighted by molar-refractivity contribution is -0.126. The van der Waals surface area contributed by atoms with E-state index in [4.69, 9.17) is 4.74 Å². The number of ether oxygens (including phenoxy) is 1. The Kier molecular flexibility index (Phi) is 7.57. The highest BCUT2D eigenvalue weighted by Crippen LogP contribution is 2.24. The minimum Gasteiger partial charge on any atom is -0.379 e. The summed E-state index contributed by atoms with van der Waals surface area (Å²) in [5.74, 6) is -0.418. The first kappa shape index (κ1) is 22.9. The van der Waals surface area contributed by atoms with E-state index in [9.17, 15) is 13.2 Å². The summed E-state index contributed by atoms with van der Waals surface area (Å²) in [5.41, 5.74) is 2.28. The zero-order valence-electron chi connectivity index (χ0n) is 18.3. The third-order valence-electron chi connectivity index (χ3n) is 6.14. The average Bonchev–Trinajstić information content (AvgIpc) is 2.85. The largest absolute Gasteiger partial charge is 0.379 e. The van der Waals surface area contributed by atoms with E-state index in [2.05, 4.69) is 22.3 Å². The highest BCUT2D eigenvalue weighted by Gasteiger charge is 2.33. The van der Waals surface area contributed by atoms with Gasteiger partial charge >= 0.3 is 0 Å². The number of carbonyl (C=O) groups is 1. The molecule has 2 heterocycles. The molecule has 1 atom stereocenters. The van der Waals surface area contributed by atoms with E-state index >= 15 is 0 Å². The zero-order valence-corrected chi connectivity index (χ0v) is 19.1. The number of hydrogen-bond acceptors (Lipinski definition) is 5. The van der Waals surface area contributed by atoms with Crippen LogP contribution < -0.4 is 5.32 Å². The Balaban J connectivity index is 1.29. The highest BCUT2D eigenvalue weighted by molar-refractivity contribution is 7.89. The molecule has 2 aliphatic heterocycles. The fraction of sp³-hybridized carbons (Fsp3) is 0.458. The fourth-order valence-electron chi connectivity index (χ4n) is 4.23. The molecular weight excluding hydrogens is 426 g/mol. The second-order valence-electron chi connectivity index (χ2n) is 8.44. The van der Waals surface area contributed by atoms with Gasteiger partial charge in [-0.3, -0.25) is 9.69 Å². The molecule has 2 aromatic carbocycles. The number of hydrogen-bond donors (Lipinski definition) is 1. The zero-order chi connectivity index (χ0) is 22.4. The third kappa shape index (κ3) is 5.75. The Morgan fingerprint density at radius 2 is 1.66 bits per heavy atom. The number of rotatable bonds is 7. The first-order chi connectivity index (χ1) is 15.5. The molecule has 0 bridgehead atoms. The summed E-state index contributed by atoms with van der Waals surface area (Å²) in [7, 11) is -3.57. The third-order valence-corrected chi connectivity index (χ3v) is 8.01. The lowest BCUT2D eigenvalue weighted by atomic mass is 9.98. The lowest BCUT2D eigenvalue weighted by Crippen LogP contribution is -2.45. The topological polar surface area (TPSA) is 79.0 Å². The minimum absolute atomic E-state index is 0.0876. The van der Waals surface area contributed by atoms with Crippen molar-refractivity contribution >= 4 is 15.9 Å². The summed E-state index contributed by atoms with van der Waals surface area (Å²) in [6, 6.07) is 16.7. The van der Waals surface area contributed by atoms with Crippen molar-refractivity contribution in [2.75, 3.05) is 39.4 Å². The van der Waals surface area contributed by atoms with Crippen LogP contribution in [0.4, 0.5) is 0 Å². The number of morpholine rings is 1. The van der Waals surface area contributed by atoms with Crippen molar-refractivity contribution in [3.8, 4) is 0 Å². The number of benzene rings is 2. The van der Waals surface area contributed by atoms with Gasteiger partial charge in [-0.25, -0.2) is 8.42 Å². The molecular formula is C24H31N3O4S. The average molecular weight is 458 g/mol. The molecule has 2 aliphatic rings. The molecule has 8 heteroatoms. The predicted molar refractivity (Wildman–Crippen MR) is 122 cm³/mol. The number of carbonyl (C=O) groups excluding carboxylic acids is 1. The van der Waals surface area contributed by atoms with Gasteiger partial charge in [-0.2, -0.15) is 4.31 Å². The first-order valence-corrected chi connectivity index (χ1v) is 12.7. The summed E-state index contributed by atoms with van der Waals surface area (Å²) in [6.45, 7) is 5.51. The molecule has 0 aromatic heterocycles. The van der Waals surface area contributed by atoms with Crippen molar-refractivity contribution in [3.05, 3.63) is 65.7 Å². The van der Waals surface area contributed by atoms with Crippen LogP contribution in [0.3, 0.4) is 0 Å². The monoisotopic (exact) mass is 457 g/mol. The van der Waals surface area contributed by atoms with Crippen molar-refractivity contribution in [3.63, 3.8) is 0 Å². The van der Waals surface area contributed by atoms with Crippen LogP contribution in [0.15, 0.2) is 59.5 Å². The summed E-state index contributed by atoms with van der Waals surface area (Å²) >= 11 is 0. The van der Waals surface area contributed by atoms with E-state index in [1.807, 2.05) is 12.1 Å². The van der Waals surface area contributed by atoms with Crippen molar-refractivity contribution in [2.24, 2.45) is 5.92 Å². The second-order valence-corrected chi connectivity index (χ2v) is 10.4. The Bertz CT molecular complexity index is 990. The maximum Gasteiger partial charge on any atom is 0.243 e. The van der Waals surface area contributed by atoms with Gasteiger partial charge in [0.2, 0.25) is 15.9 Å². The van der Waals surface area contributed by atoms with Crippen LogP contribution in [0.2, 0.25) is 0 Å². The number of nitrogens with zero attached hydrogens (tertiary/aromatic N) is 2. The first-order valence-electron chi connectivity index (χ1n) is 11.2. The minimum atomic E-state index is -3.57. The van der Waals surface area contributed by atoms with E-state index in [1.165, 1.54) is 9.87 Å². The number of nitrogens with one attached hydrogen (secondary N) is 1. The maximum atomic E-state index is 12.9. The molecule has 32 heavy (non-hydrogen) atoms. The smallest absolute Gasteiger partial charge is 0.243 e. The van der Waals surface area contributed by atoms with Gasteiger partial charge in [-0.05, 0) is 36.1 Å². The van der Waals surface area contributed by atoms with Gasteiger partial charge in [-0.15, -0.1) is 0 Å². The second kappa shape index (κ2) is 10.6. The lowest BCUT2D eigenvalue weighted by Gasteiger charge is -2.31. The van der Waals surface area contributed by atoms with Crippen LogP contribution in [0.25, 0.3) is 0 Å². The van der Waals surface area contributed by atoms with Gasteiger partial charge < -0.3 is 10.1 Å². The number of piperidine rings is 1. The van der Waals surface area contributed by atoms with Crippen molar-refractivity contribution in [1.82, 2.24) is 14.5 Å². The van der Waals surface area contributed by atoms with Gasteiger partial charge in [0.1, 0.15) is 0 Å². The van der Waals surface area contributed by atoms with E-state index in [-0.39, 0.29) is 23.3 Å². The van der Waals surface area contributed by atoms with Gasteiger partial charge in [0.15, 0.2) is 0 Å². The van der Waals surface area contributed by atoms with Crippen LogP contribution in [0.5, 0.6) is 0 Å². The normalized spacial score (nSPS) is 20.7. The van der Waals surface area contributed by atoms with E-state index in [0.717, 1.165) is 38.4 Å². The molecule has 172 valence electrons. The number of amides is 1. The Morgan fingerprint density at radius 3 is 2.38 bits per heavy atom. The summed E-state index contributed by atoms with van der Waals surface area (Å²) in [6.07, 6.45) is 1.38. The maximum absolute atomic E-state index is 12.9. The fourth-order valence-corrected chi connectivity index (χ4v) is 5.77. The molecule has 0 unspecified atom stereocenters. The summed E-state index contributed by atoms with van der Waals surface area (Å²) < 4.78 is 32.6. The molecule has 1 amide bonds. The van der Waals surface area contributed by atoms with Crippen LogP contribution in [-0.4, -0.2) is 62.9 Å². The Labute approximate surface area is 190 Å². The molecule has 0 aliphatic carbocycles. The van der Waals surface area contributed by atoms with Gasteiger partial charge in [0.05, 0.1) is 24.0 Å².